The van der Waals surface area contributed by atoms with Crippen LogP contribution in [0.5, 0.6) is 5.75 Å². The number of carbonyl (C=O) groups is 1. The van der Waals surface area contributed by atoms with E-state index in [4.69, 9.17) is 0 Å². The van der Waals surface area contributed by atoms with Gasteiger partial charge in [0.2, 0.25) is 0 Å². The lowest BCUT2D eigenvalue weighted by atomic mass is 9.94. The van der Waals surface area contributed by atoms with Crippen LogP contribution in [0.3, 0.4) is 0 Å². The van der Waals surface area contributed by atoms with Crippen molar-refractivity contribution >= 4 is 5.91 Å². The Morgan fingerprint density at radius 2 is 1.74 bits per heavy atom. The van der Waals surface area contributed by atoms with Crippen molar-refractivity contribution in [2.75, 3.05) is 32.7 Å². The molecule has 3 unspecified atom stereocenters. The minimum absolute atomic E-state index is 0.0520. The largest absolute Gasteiger partial charge is 0.508 e. The van der Waals surface area contributed by atoms with Gasteiger partial charge in [-0.3, -0.25) is 14.6 Å². The number of phenols is 1. The second-order valence-corrected chi connectivity index (χ2v) is 10.1. The summed E-state index contributed by atoms with van der Waals surface area (Å²) < 4.78 is 0. The van der Waals surface area contributed by atoms with Gasteiger partial charge in [0.1, 0.15) is 5.75 Å². The number of fused-ring (bicyclic) bond motifs is 2. The van der Waals surface area contributed by atoms with Crippen LogP contribution in [0.1, 0.15) is 66.1 Å². The van der Waals surface area contributed by atoms with Gasteiger partial charge < -0.3 is 10.0 Å². The van der Waals surface area contributed by atoms with Crippen LogP contribution in [-0.2, 0) is 0 Å². The van der Waals surface area contributed by atoms with Crippen LogP contribution in [-0.4, -0.2) is 70.5 Å². The first-order valence-electron chi connectivity index (χ1n) is 12.9. The zero-order valence-electron chi connectivity index (χ0n) is 20.1. The summed E-state index contributed by atoms with van der Waals surface area (Å²) in [5, 5.41) is 10.3. The quantitative estimate of drug-likeness (QED) is 0.629. The molecule has 2 aromatic carbocycles. The number of likely N-dealkylation sites (tertiary alicyclic amines) is 2. The molecule has 5 nitrogen and oxygen atoms in total. The number of piperidine rings is 1. The van der Waals surface area contributed by atoms with Crippen molar-refractivity contribution in [3.05, 3.63) is 77.9 Å². The first-order valence-corrected chi connectivity index (χ1v) is 12.9. The van der Waals surface area contributed by atoms with Gasteiger partial charge in [-0.1, -0.05) is 30.3 Å². The summed E-state index contributed by atoms with van der Waals surface area (Å²) in [6.07, 6.45) is 9.10. The van der Waals surface area contributed by atoms with E-state index in [-0.39, 0.29) is 11.9 Å². The van der Waals surface area contributed by atoms with Gasteiger partial charge in [-0.2, -0.15) is 0 Å². The Morgan fingerprint density at radius 3 is 2.47 bits per heavy atom. The van der Waals surface area contributed by atoms with Gasteiger partial charge in [0.25, 0.3) is 5.91 Å². The monoisotopic (exact) mass is 459 g/mol. The van der Waals surface area contributed by atoms with Gasteiger partial charge in [-0.05, 0) is 73.9 Å². The minimum atomic E-state index is 0.0520. The molecule has 1 N–H and O–H groups in total. The van der Waals surface area contributed by atoms with Crippen molar-refractivity contribution in [2.24, 2.45) is 0 Å². The molecular formula is C29H37N3O2. The third-order valence-corrected chi connectivity index (χ3v) is 7.97. The van der Waals surface area contributed by atoms with Gasteiger partial charge in [0.15, 0.2) is 0 Å². The number of nitrogens with zero attached hydrogens (tertiary/aromatic N) is 3. The van der Waals surface area contributed by atoms with E-state index in [1.807, 2.05) is 35.2 Å². The molecule has 0 saturated carbocycles. The van der Waals surface area contributed by atoms with Crippen molar-refractivity contribution in [3.8, 4) is 5.75 Å². The van der Waals surface area contributed by atoms with Crippen LogP contribution in [0, 0.1) is 0 Å². The first kappa shape index (κ1) is 23.1. The van der Waals surface area contributed by atoms with Crippen molar-refractivity contribution in [3.63, 3.8) is 0 Å². The Labute approximate surface area is 203 Å². The number of benzene rings is 2. The second-order valence-electron chi connectivity index (χ2n) is 10.1. The molecule has 3 saturated heterocycles. The number of hydrogen-bond donors (Lipinski definition) is 1. The summed E-state index contributed by atoms with van der Waals surface area (Å²) in [6, 6.07) is 17.1. The summed E-state index contributed by atoms with van der Waals surface area (Å²) >= 11 is 0. The predicted molar refractivity (Wildman–Crippen MR) is 136 cm³/mol. The minimum Gasteiger partial charge on any atom is -0.508 e. The van der Waals surface area contributed by atoms with E-state index in [0.29, 0.717) is 17.8 Å². The zero-order valence-corrected chi connectivity index (χ0v) is 20.1. The maximum Gasteiger partial charge on any atom is 0.253 e. The highest BCUT2D eigenvalue weighted by Crippen LogP contribution is 2.37. The fourth-order valence-electron chi connectivity index (χ4n) is 6.28. The van der Waals surface area contributed by atoms with E-state index in [1.54, 1.807) is 6.07 Å². The molecule has 34 heavy (non-hydrogen) atoms. The van der Waals surface area contributed by atoms with E-state index in [1.165, 1.54) is 24.8 Å². The van der Waals surface area contributed by atoms with Crippen LogP contribution in [0.4, 0.5) is 0 Å². The summed E-state index contributed by atoms with van der Waals surface area (Å²) in [6.45, 7) is 8.68. The van der Waals surface area contributed by atoms with Crippen molar-refractivity contribution in [1.29, 1.82) is 0 Å². The van der Waals surface area contributed by atoms with E-state index >= 15 is 0 Å². The highest BCUT2D eigenvalue weighted by Gasteiger charge is 2.38. The fraction of sp³-hybridized carbons (Fsp3) is 0.483. The average Bonchev–Trinajstić information content (AvgIpc) is 3.14. The van der Waals surface area contributed by atoms with Gasteiger partial charge in [-0.25, -0.2) is 0 Å². The third kappa shape index (κ3) is 4.77. The Morgan fingerprint density at radius 1 is 0.971 bits per heavy atom. The van der Waals surface area contributed by atoms with Crippen LogP contribution in [0.25, 0.3) is 0 Å². The smallest absolute Gasteiger partial charge is 0.253 e. The number of aromatic hydroxyl groups is 1. The fourth-order valence-corrected chi connectivity index (χ4v) is 6.28. The molecular weight excluding hydrogens is 422 g/mol. The summed E-state index contributed by atoms with van der Waals surface area (Å²) in [4.78, 5) is 20.2. The van der Waals surface area contributed by atoms with Crippen LogP contribution in [0.15, 0.2) is 61.2 Å². The summed E-state index contributed by atoms with van der Waals surface area (Å²) in [5.41, 5.74) is 3.05. The molecule has 180 valence electrons. The molecule has 0 radical (unpaired) electrons. The van der Waals surface area contributed by atoms with Gasteiger partial charge in [0, 0.05) is 50.4 Å². The van der Waals surface area contributed by atoms with Gasteiger partial charge in [-0.15, -0.1) is 6.58 Å². The average molecular weight is 460 g/mol. The molecule has 3 heterocycles. The molecule has 0 aromatic heterocycles. The highest BCUT2D eigenvalue weighted by atomic mass is 16.3. The molecule has 5 heteroatoms. The van der Waals surface area contributed by atoms with Gasteiger partial charge >= 0.3 is 0 Å². The lowest BCUT2D eigenvalue weighted by Crippen LogP contribution is -2.40. The van der Waals surface area contributed by atoms with Crippen LogP contribution < -0.4 is 0 Å². The van der Waals surface area contributed by atoms with Crippen molar-refractivity contribution in [2.45, 2.75) is 56.7 Å². The Kier molecular flexibility index (Phi) is 7.02. The van der Waals surface area contributed by atoms with Crippen molar-refractivity contribution < 1.29 is 9.90 Å². The van der Waals surface area contributed by atoms with E-state index in [9.17, 15) is 9.90 Å². The molecule has 3 atom stereocenters. The van der Waals surface area contributed by atoms with Crippen LogP contribution in [0.2, 0.25) is 0 Å². The third-order valence-electron chi connectivity index (χ3n) is 7.97. The van der Waals surface area contributed by atoms with E-state index < -0.39 is 0 Å². The zero-order chi connectivity index (χ0) is 23.5. The molecule has 3 fully saturated rings. The van der Waals surface area contributed by atoms with Crippen molar-refractivity contribution in [1.82, 2.24) is 14.7 Å². The number of carbonyl (C=O) groups excluding carboxylic acids is 1. The highest BCUT2D eigenvalue weighted by molar-refractivity contribution is 5.94. The molecule has 5 rings (SSSR count). The Balaban J connectivity index is 1.43. The Bertz CT molecular complexity index is 999. The summed E-state index contributed by atoms with van der Waals surface area (Å²) in [7, 11) is 0. The number of phenolic OH excluding ortho intramolecular Hbond substituents is 1. The molecule has 1 amide bonds. The molecule has 0 aliphatic carbocycles. The second kappa shape index (κ2) is 10.3. The van der Waals surface area contributed by atoms with Crippen LogP contribution >= 0.6 is 0 Å². The Hall–Kier alpha value is -2.63. The maximum atomic E-state index is 13.0. The lowest BCUT2D eigenvalue weighted by molar-refractivity contribution is 0.0724. The number of hydrogen-bond acceptors (Lipinski definition) is 4. The molecule has 3 aliphatic heterocycles. The normalized spacial score (nSPS) is 24.5. The van der Waals surface area contributed by atoms with E-state index in [2.05, 4.69) is 34.6 Å². The lowest BCUT2D eigenvalue weighted by Gasteiger charge is -2.34. The number of amides is 1. The topological polar surface area (TPSA) is 47.0 Å². The molecule has 0 spiro atoms. The summed E-state index contributed by atoms with van der Waals surface area (Å²) in [5.74, 6) is 0.441. The maximum absolute atomic E-state index is 13.0. The molecule has 2 bridgehead atoms. The van der Waals surface area contributed by atoms with Gasteiger partial charge in [0.05, 0.1) is 6.04 Å². The first-order chi connectivity index (χ1) is 16.6. The van der Waals surface area contributed by atoms with E-state index in [0.717, 1.165) is 63.1 Å². The number of rotatable bonds is 6. The SMILES string of the molecule is C=CCN1C2CCC1CN(C(c1ccc(C(=O)N3CCCCC3)cc1)c1cccc(O)c1)CC2. The standard InChI is InChI=1S/C29H37N3O2/c1-2-16-32-25-13-14-26(32)21-31(19-15-25)28(24-7-6-8-27(33)20-24)22-9-11-23(12-10-22)29(34)30-17-4-3-5-18-30/h2,6-12,20,25-26,28,33H,1,3-5,13-19,21H2. The molecule has 3 aliphatic rings. The molecule has 2 aromatic rings. The predicted octanol–water partition coefficient (Wildman–Crippen LogP) is 4.83.